The fraction of sp³-hybridized carbons (Fsp3) is 0.467. The van der Waals surface area contributed by atoms with Crippen molar-refractivity contribution < 1.29 is 19.4 Å². The summed E-state index contributed by atoms with van der Waals surface area (Å²) in [7, 11) is 1.58. The molecule has 5 nitrogen and oxygen atoms in total. The molecule has 2 rings (SSSR count). The van der Waals surface area contributed by atoms with Crippen molar-refractivity contribution >= 4 is 27.8 Å². The third kappa shape index (κ3) is 3.63. The molecular weight excluding hydrogens is 338 g/mol. The number of benzene rings is 1. The number of methoxy groups -OCH3 is 1. The fourth-order valence-electron chi connectivity index (χ4n) is 2.64. The van der Waals surface area contributed by atoms with Gasteiger partial charge in [-0.1, -0.05) is 6.07 Å². The van der Waals surface area contributed by atoms with E-state index in [1.807, 2.05) is 19.1 Å². The van der Waals surface area contributed by atoms with Gasteiger partial charge in [0.2, 0.25) is 0 Å². The molecule has 1 fully saturated rings. The Labute approximate surface area is 132 Å². The van der Waals surface area contributed by atoms with Gasteiger partial charge in [0.25, 0.3) is 5.91 Å². The van der Waals surface area contributed by atoms with Crippen molar-refractivity contribution in [1.82, 2.24) is 4.90 Å². The highest BCUT2D eigenvalue weighted by Gasteiger charge is 2.37. The summed E-state index contributed by atoms with van der Waals surface area (Å²) >= 11 is 3.40. The summed E-state index contributed by atoms with van der Waals surface area (Å²) < 4.78 is 6.01. The Hall–Kier alpha value is -1.40. The fourth-order valence-corrected chi connectivity index (χ4v) is 3.30. The average Bonchev–Trinajstić information content (AvgIpc) is 2.80. The molecule has 1 aliphatic heterocycles. The van der Waals surface area contributed by atoms with E-state index < -0.39 is 5.97 Å². The van der Waals surface area contributed by atoms with Crippen LogP contribution in [0, 0.1) is 6.92 Å². The largest absolute Gasteiger partial charge is 0.481 e. The van der Waals surface area contributed by atoms with E-state index in [9.17, 15) is 9.59 Å². The molecule has 0 spiro atoms. The number of carbonyl (C=O) groups is 2. The second kappa shape index (κ2) is 6.58. The van der Waals surface area contributed by atoms with Gasteiger partial charge in [-0.3, -0.25) is 9.59 Å². The lowest BCUT2D eigenvalue weighted by Crippen LogP contribution is -2.37. The van der Waals surface area contributed by atoms with Crippen LogP contribution in [-0.4, -0.2) is 47.7 Å². The highest BCUT2D eigenvalue weighted by atomic mass is 79.9. The number of carboxylic acid groups (broad SMARTS) is 1. The number of ether oxygens (including phenoxy) is 1. The Morgan fingerprint density at radius 3 is 2.76 bits per heavy atom. The molecule has 21 heavy (non-hydrogen) atoms. The van der Waals surface area contributed by atoms with Gasteiger partial charge in [-0.05, 0) is 47.0 Å². The molecule has 1 N–H and O–H groups in total. The topological polar surface area (TPSA) is 66.8 Å². The lowest BCUT2D eigenvalue weighted by Gasteiger charge is -2.23. The number of hydrogen-bond acceptors (Lipinski definition) is 3. The van der Waals surface area contributed by atoms with Gasteiger partial charge >= 0.3 is 5.97 Å². The number of nitrogens with zero attached hydrogens (tertiary/aromatic N) is 1. The smallest absolute Gasteiger partial charge is 0.305 e. The van der Waals surface area contributed by atoms with Crippen LogP contribution in [0.25, 0.3) is 0 Å². The van der Waals surface area contributed by atoms with Gasteiger partial charge in [0.15, 0.2) is 0 Å². The number of hydrogen-bond donors (Lipinski definition) is 1. The van der Waals surface area contributed by atoms with E-state index in [1.54, 1.807) is 18.1 Å². The zero-order chi connectivity index (χ0) is 15.6. The summed E-state index contributed by atoms with van der Waals surface area (Å²) in [5.74, 6) is -1.06. The third-order valence-electron chi connectivity index (χ3n) is 3.74. The average molecular weight is 356 g/mol. The van der Waals surface area contributed by atoms with E-state index in [4.69, 9.17) is 9.84 Å². The van der Waals surface area contributed by atoms with Gasteiger partial charge in [0.1, 0.15) is 0 Å². The van der Waals surface area contributed by atoms with E-state index in [-0.39, 0.29) is 24.5 Å². The van der Waals surface area contributed by atoms with Gasteiger partial charge in [0.05, 0.1) is 18.1 Å². The zero-order valence-corrected chi connectivity index (χ0v) is 13.6. The summed E-state index contributed by atoms with van der Waals surface area (Å²) in [5, 5.41) is 9.01. The molecule has 1 aromatic carbocycles. The van der Waals surface area contributed by atoms with Crippen LogP contribution >= 0.6 is 15.9 Å². The van der Waals surface area contributed by atoms with Gasteiger partial charge in [-0.2, -0.15) is 0 Å². The molecule has 1 aliphatic rings. The molecule has 1 saturated heterocycles. The first-order valence-corrected chi connectivity index (χ1v) is 7.53. The molecule has 1 amide bonds. The standard InChI is InChI=1S/C15H18BrNO4/c1-9-3-4-12(13(16)5-9)15(20)17-8-11(21-2)6-10(17)7-14(18)19/h3-5,10-11H,6-8H2,1-2H3,(H,18,19). The summed E-state index contributed by atoms with van der Waals surface area (Å²) in [5.41, 5.74) is 1.60. The molecule has 0 aliphatic carbocycles. The van der Waals surface area contributed by atoms with E-state index in [0.29, 0.717) is 18.5 Å². The van der Waals surface area contributed by atoms with Crippen molar-refractivity contribution in [1.29, 1.82) is 0 Å². The predicted octanol–water partition coefficient (Wildman–Crippen LogP) is 2.46. The van der Waals surface area contributed by atoms with Gasteiger partial charge in [-0.25, -0.2) is 0 Å². The molecule has 2 atom stereocenters. The van der Waals surface area contributed by atoms with Gasteiger partial charge in [0, 0.05) is 24.2 Å². The SMILES string of the molecule is COC1CC(CC(=O)O)N(C(=O)c2ccc(C)cc2Br)C1. The quantitative estimate of drug-likeness (QED) is 0.900. The zero-order valence-electron chi connectivity index (χ0n) is 12.0. The monoisotopic (exact) mass is 355 g/mol. The van der Waals surface area contributed by atoms with E-state index in [0.717, 1.165) is 10.0 Å². The second-order valence-corrected chi connectivity index (χ2v) is 6.14. The van der Waals surface area contributed by atoms with Crippen LogP contribution in [0.1, 0.15) is 28.8 Å². The second-order valence-electron chi connectivity index (χ2n) is 5.29. The Morgan fingerprint density at radius 1 is 1.48 bits per heavy atom. The summed E-state index contributed by atoms with van der Waals surface area (Å²) in [6, 6.07) is 5.19. The van der Waals surface area contributed by atoms with E-state index >= 15 is 0 Å². The van der Waals surface area contributed by atoms with Crippen LogP contribution in [0.5, 0.6) is 0 Å². The Bertz CT molecular complexity index is 561. The number of halogens is 1. The first-order chi connectivity index (χ1) is 9.92. The number of amides is 1. The minimum absolute atomic E-state index is 0.0604. The van der Waals surface area contributed by atoms with E-state index in [1.165, 1.54) is 0 Å². The molecule has 0 radical (unpaired) electrons. The molecule has 1 aromatic rings. The molecule has 2 unspecified atom stereocenters. The van der Waals surface area contributed by atoms with Gasteiger partial charge in [-0.15, -0.1) is 0 Å². The highest BCUT2D eigenvalue weighted by molar-refractivity contribution is 9.10. The van der Waals surface area contributed by atoms with Crippen molar-refractivity contribution in [3.8, 4) is 0 Å². The number of aryl methyl sites for hydroxylation is 1. The number of carboxylic acids is 1. The number of likely N-dealkylation sites (tertiary alicyclic amines) is 1. The maximum atomic E-state index is 12.7. The van der Waals surface area contributed by atoms with E-state index in [2.05, 4.69) is 15.9 Å². The maximum absolute atomic E-state index is 12.7. The minimum Gasteiger partial charge on any atom is -0.481 e. The summed E-state index contributed by atoms with van der Waals surface area (Å²) in [4.78, 5) is 25.3. The Kier molecular flexibility index (Phi) is 5.00. The summed E-state index contributed by atoms with van der Waals surface area (Å²) in [6.07, 6.45) is 0.384. The molecule has 114 valence electrons. The lowest BCUT2D eigenvalue weighted by atomic mass is 10.1. The number of aliphatic carboxylic acids is 1. The number of carbonyl (C=O) groups excluding carboxylic acids is 1. The van der Waals surface area contributed by atoms with Gasteiger partial charge < -0.3 is 14.7 Å². The van der Waals surface area contributed by atoms with Crippen molar-refractivity contribution in [2.24, 2.45) is 0 Å². The van der Waals surface area contributed by atoms with Crippen LogP contribution in [-0.2, 0) is 9.53 Å². The number of rotatable bonds is 4. The van der Waals surface area contributed by atoms with Crippen LogP contribution in [0.15, 0.2) is 22.7 Å². The highest BCUT2D eigenvalue weighted by Crippen LogP contribution is 2.27. The van der Waals surface area contributed by atoms with Crippen LogP contribution in [0.4, 0.5) is 0 Å². The van der Waals surface area contributed by atoms with Crippen LogP contribution in [0.3, 0.4) is 0 Å². The predicted molar refractivity (Wildman–Crippen MR) is 81.4 cm³/mol. The van der Waals surface area contributed by atoms with Crippen molar-refractivity contribution in [3.63, 3.8) is 0 Å². The Morgan fingerprint density at radius 2 is 2.19 bits per heavy atom. The maximum Gasteiger partial charge on any atom is 0.305 e. The third-order valence-corrected chi connectivity index (χ3v) is 4.39. The molecule has 6 heteroatoms. The lowest BCUT2D eigenvalue weighted by molar-refractivity contribution is -0.137. The normalized spacial score (nSPS) is 21.6. The van der Waals surface area contributed by atoms with Crippen LogP contribution < -0.4 is 0 Å². The van der Waals surface area contributed by atoms with Crippen molar-refractivity contribution in [2.45, 2.75) is 31.9 Å². The molecule has 0 bridgehead atoms. The molecule has 1 heterocycles. The van der Waals surface area contributed by atoms with Crippen molar-refractivity contribution in [3.05, 3.63) is 33.8 Å². The van der Waals surface area contributed by atoms with Crippen LogP contribution in [0.2, 0.25) is 0 Å². The minimum atomic E-state index is -0.905. The first-order valence-electron chi connectivity index (χ1n) is 6.74. The van der Waals surface area contributed by atoms with Crippen molar-refractivity contribution in [2.75, 3.05) is 13.7 Å². The molecular formula is C15H18BrNO4. The molecule has 0 aromatic heterocycles. The summed E-state index contributed by atoms with van der Waals surface area (Å²) in [6.45, 7) is 2.37. The first kappa shape index (κ1) is 16.0. The Balaban J connectivity index is 2.24. The molecule has 0 saturated carbocycles.